The van der Waals surface area contributed by atoms with Crippen LogP contribution in [0.3, 0.4) is 0 Å². The molecule has 0 spiro atoms. The van der Waals surface area contributed by atoms with Crippen molar-refractivity contribution in [3.8, 4) is 11.5 Å². The van der Waals surface area contributed by atoms with Crippen molar-refractivity contribution in [3.05, 3.63) is 53.6 Å². The number of carbonyl (C=O) groups is 1. The molecule has 0 radical (unpaired) electrons. The lowest BCUT2D eigenvalue weighted by Crippen LogP contribution is -2.48. The lowest BCUT2D eigenvalue weighted by Gasteiger charge is -2.34. The normalized spacial score (nSPS) is 17.8. The Morgan fingerprint density at radius 3 is 2.41 bits per heavy atom. The number of Topliss-reactive ketones (excluding diaryl/α,β-unsaturated/α-hetero) is 1. The maximum Gasteiger partial charge on any atom is 0.243 e. The second kappa shape index (κ2) is 8.14. The molecule has 1 fully saturated rings. The monoisotopic (exact) mass is 416 g/mol. The first-order chi connectivity index (χ1) is 13.9. The third-order valence-corrected chi connectivity index (χ3v) is 7.12. The highest BCUT2D eigenvalue weighted by atomic mass is 32.2. The van der Waals surface area contributed by atoms with Crippen molar-refractivity contribution in [2.24, 2.45) is 0 Å². The van der Waals surface area contributed by atoms with Crippen LogP contribution in [0.5, 0.6) is 11.5 Å². The third-order valence-electron chi connectivity index (χ3n) is 5.22. The maximum atomic E-state index is 13.0. The minimum atomic E-state index is -3.61. The first-order valence-electron chi connectivity index (χ1n) is 9.65. The fraction of sp³-hybridized carbons (Fsp3) is 0.381. The molecule has 154 valence electrons. The fourth-order valence-corrected chi connectivity index (χ4v) is 5.07. The van der Waals surface area contributed by atoms with Gasteiger partial charge in [-0.1, -0.05) is 18.2 Å². The first kappa shape index (κ1) is 19.9. The molecule has 0 atom stereocenters. The Balaban J connectivity index is 1.40. The fourth-order valence-electron chi connectivity index (χ4n) is 3.60. The van der Waals surface area contributed by atoms with Gasteiger partial charge in [-0.25, -0.2) is 8.42 Å². The zero-order chi connectivity index (χ0) is 20.4. The summed E-state index contributed by atoms with van der Waals surface area (Å²) in [6, 6.07) is 12.2. The Bertz CT molecular complexity index is 1010. The molecule has 29 heavy (non-hydrogen) atoms. The van der Waals surface area contributed by atoms with Gasteiger partial charge in [0.1, 0.15) is 13.2 Å². The summed E-state index contributed by atoms with van der Waals surface area (Å²) in [7, 11) is -3.61. The van der Waals surface area contributed by atoms with E-state index in [9.17, 15) is 13.2 Å². The van der Waals surface area contributed by atoms with Crippen LogP contribution in [0.2, 0.25) is 0 Å². The highest BCUT2D eigenvalue weighted by Gasteiger charge is 2.29. The lowest BCUT2D eigenvalue weighted by atomic mass is 10.1. The summed E-state index contributed by atoms with van der Waals surface area (Å²) in [6.07, 6.45) is 0. The number of hydrogen-bond acceptors (Lipinski definition) is 6. The molecule has 4 rings (SSSR count). The van der Waals surface area contributed by atoms with Crippen LogP contribution in [0.15, 0.2) is 47.4 Å². The summed E-state index contributed by atoms with van der Waals surface area (Å²) in [5.41, 5.74) is 1.52. The number of ether oxygens (including phenoxy) is 2. The zero-order valence-electron chi connectivity index (χ0n) is 16.3. The summed E-state index contributed by atoms with van der Waals surface area (Å²) in [5.74, 6) is 1.38. The number of hydrogen-bond donors (Lipinski definition) is 0. The van der Waals surface area contributed by atoms with Gasteiger partial charge in [-0.3, -0.25) is 9.69 Å². The van der Waals surface area contributed by atoms with E-state index in [1.165, 1.54) is 17.3 Å². The van der Waals surface area contributed by atoms with Gasteiger partial charge in [-0.2, -0.15) is 4.31 Å². The minimum Gasteiger partial charge on any atom is -0.486 e. The quantitative estimate of drug-likeness (QED) is 0.696. The molecule has 0 bridgehead atoms. The summed E-state index contributed by atoms with van der Waals surface area (Å²) >= 11 is 0. The van der Waals surface area contributed by atoms with E-state index < -0.39 is 10.0 Å². The Kier molecular flexibility index (Phi) is 5.58. The van der Waals surface area contributed by atoms with Crippen LogP contribution < -0.4 is 9.47 Å². The molecule has 0 amide bonds. The van der Waals surface area contributed by atoms with E-state index in [1.807, 2.05) is 18.2 Å². The van der Waals surface area contributed by atoms with Gasteiger partial charge >= 0.3 is 0 Å². The number of rotatable bonds is 5. The average Bonchev–Trinajstić information content (AvgIpc) is 2.74. The van der Waals surface area contributed by atoms with Crippen molar-refractivity contribution >= 4 is 15.8 Å². The zero-order valence-corrected chi connectivity index (χ0v) is 17.2. The van der Waals surface area contributed by atoms with Gasteiger partial charge in [-0.05, 0) is 36.8 Å². The van der Waals surface area contributed by atoms with Gasteiger partial charge in [0.25, 0.3) is 0 Å². The Hall–Kier alpha value is -2.42. The molecule has 0 N–H and O–H groups in total. The number of piperazine rings is 1. The Labute approximate surface area is 170 Å². The van der Waals surface area contributed by atoms with Gasteiger partial charge in [0.05, 0.1) is 4.90 Å². The van der Waals surface area contributed by atoms with E-state index in [1.54, 1.807) is 18.2 Å². The Morgan fingerprint density at radius 1 is 0.966 bits per heavy atom. The number of sulfonamides is 1. The third kappa shape index (κ3) is 4.29. The van der Waals surface area contributed by atoms with Crippen LogP contribution in [0.25, 0.3) is 0 Å². The molecule has 0 aliphatic carbocycles. The molecule has 2 aromatic rings. The van der Waals surface area contributed by atoms with Crippen LogP contribution in [0.4, 0.5) is 0 Å². The van der Waals surface area contributed by atoms with E-state index in [0.29, 0.717) is 45.0 Å². The van der Waals surface area contributed by atoms with Crippen molar-refractivity contribution in [2.45, 2.75) is 18.4 Å². The SMILES string of the molecule is CC(=O)c1cccc(S(=O)(=O)N2CCN(Cc3ccc4c(c3)OCCO4)CC2)c1. The van der Waals surface area contributed by atoms with E-state index in [2.05, 4.69) is 4.90 Å². The number of fused-ring (bicyclic) bond motifs is 1. The van der Waals surface area contributed by atoms with E-state index in [-0.39, 0.29) is 10.7 Å². The van der Waals surface area contributed by atoms with Gasteiger partial charge in [0.15, 0.2) is 17.3 Å². The van der Waals surface area contributed by atoms with Crippen molar-refractivity contribution < 1.29 is 22.7 Å². The summed E-state index contributed by atoms with van der Waals surface area (Å²) in [4.78, 5) is 14.0. The van der Waals surface area contributed by atoms with E-state index in [0.717, 1.165) is 23.6 Å². The molecular formula is C21H24N2O5S. The summed E-state index contributed by atoms with van der Waals surface area (Å²) in [5, 5.41) is 0. The topological polar surface area (TPSA) is 76.2 Å². The molecule has 0 unspecified atom stereocenters. The molecule has 8 heteroatoms. The largest absolute Gasteiger partial charge is 0.486 e. The molecule has 7 nitrogen and oxygen atoms in total. The van der Waals surface area contributed by atoms with Crippen molar-refractivity contribution in [2.75, 3.05) is 39.4 Å². The summed E-state index contributed by atoms with van der Waals surface area (Å²) < 4.78 is 38.6. The van der Waals surface area contributed by atoms with Gasteiger partial charge < -0.3 is 9.47 Å². The van der Waals surface area contributed by atoms with Gasteiger partial charge in [-0.15, -0.1) is 0 Å². The predicted octanol–water partition coefficient (Wildman–Crippen LogP) is 2.17. The Morgan fingerprint density at radius 2 is 1.69 bits per heavy atom. The van der Waals surface area contributed by atoms with Crippen LogP contribution in [0, 0.1) is 0 Å². The van der Waals surface area contributed by atoms with Crippen molar-refractivity contribution in [1.82, 2.24) is 9.21 Å². The molecule has 0 saturated carbocycles. The van der Waals surface area contributed by atoms with Crippen molar-refractivity contribution in [1.29, 1.82) is 0 Å². The molecule has 2 aliphatic rings. The summed E-state index contributed by atoms with van der Waals surface area (Å²) in [6.45, 7) is 5.39. The number of ketones is 1. The number of carbonyl (C=O) groups excluding carboxylic acids is 1. The average molecular weight is 416 g/mol. The van der Waals surface area contributed by atoms with Crippen LogP contribution in [-0.2, 0) is 16.6 Å². The molecule has 1 saturated heterocycles. The van der Waals surface area contributed by atoms with Gasteiger partial charge in [0.2, 0.25) is 10.0 Å². The van der Waals surface area contributed by atoms with Crippen LogP contribution in [0.1, 0.15) is 22.8 Å². The minimum absolute atomic E-state index is 0.147. The first-order valence-corrected chi connectivity index (χ1v) is 11.1. The molecule has 2 aromatic carbocycles. The highest BCUT2D eigenvalue weighted by molar-refractivity contribution is 7.89. The second-order valence-electron chi connectivity index (χ2n) is 7.24. The molecular weight excluding hydrogens is 392 g/mol. The van der Waals surface area contributed by atoms with Crippen LogP contribution in [-0.4, -0.2) is 62.8 Å². The maximum absolute atomic E-state index is 13.0. The lowest BCUT2D eigenvalue weighted by molar-refractivity contribution is 0.101. The smallest absolute Gasteiger partial charge is 0.243 e. The standard InChI is InChI=1S/C21H24N2O5S/c1-16(24)18-3-2-4-19(14-18)29(25,26)23-9-7-22(8-10-23)15-17-5-6-20-21(13-17)28-12-11-27-20/h2-6,13-14H,7-12,15H2,1H3. The second-order valence-corrected chi connectivity index (χ2v) is 9.18. The highest BCUT2D eigenvalue weighted by Crippen LogP contribution is 2.31. The number of benzene rings is 2. The van der Waals surface area contributed by atoms with Gasteiger partial charge in [0, 0.05) is 38.3 Å². The van der Waals surface area contributed by atoms with E-state index >= 15 is 0 Å². The van der Waals surface area contributed by atoms with Crippen molar-refractivity contribution in [3.63, 3.8) is 0 Å². The molecule has 2 aliphatic heterocycles. The van der Waals surface area contributed by atoms with E-state index in [4.69, 9.17) is 9.47 Å². The molecule has 2 heterocycles. The number of nitrogens with zero attached hydrogens (tertiary/aromatic N) is 2. The predicted molar refractivity (Wildman–Crippen MR) is 108 cm³/mol. The molecule has 0 aromatic heterocycles. The van der Waals surface area contributed by atoms with Crippen LogP contribution >= 0.6 is 0 Å².